The minimum absolute atomic E-state index is 0.192. The van der Waals surface area contributed by atoms with Crippen molar-refractivity contribution < 1.29 is 4.79 Å². The number of H-pyrrole nitrogens is 1. The molecule has 7 heteroatoms. The molecule has 0 radical (unpaired) electrons. The first-order valence-electron chi connectivity index (χ1n) is 7.68. The molecular formula is C17H19N5OS. The number of benzene rings is 1. The van der Waals surface area contributed by atoms with Crippen LogP contribution in [0.4, 0.5) is 10.5 Å². The van der Waals surface area contributed by atoms with Crippen LogP contribution < -0.4 is 10.6 Å². The van der Waals surface area contributed by atoms with Gasteiger partial charge in [-0.2, -0.15) is 5.10 Å². The minimum Gasteiger partial charge on any atom is -0.337 e. The summed E-state index contributed by atoms with van der Waals surface area (Å²) in [4.78, 5) is 16.5. The molecule has 3 aromatic rings. The normalized spacial score (nSPS) is 11.9. The van der Waals surface area contributed by atoms with Gasteiger partial charge in [0, 0.05) is 35.4 Å². The second-order valence-electron chi connectivity index (χ2n) is 5.61. The molecule has 0 saturated carbocycles. The Bertz CT molecular complexity index is 795. The number of urea groups is 1. The first-order chi connectivity index (χ1) is 11.6. The van der Waals surface area contributed by atoms with Gasteiger partial charge in [0.1, 0.15) is 0 Å². The van der Waals surface area contributed by atoms with Gasteiger partial charge < -0.3 is 10.6 Å². The summed E-state index contributed by atoms with van der Waals surface area (Å²) < 4.78 is 0. The molecule has 2 aromatic heterocycles. The minimum atomic E-state index is -0.218. The van der Waals surface area contributed by atoms with E-state index in [0.29, 0.717) is 6.54 Å². The van der Waals surface area contributed by atoms with Gasteiger partial charge in [-0.25, -0.2) is 9.78 Å². The van der Waals surface area contributed by atoms with E-state index in [2.05, 4.69) is 32.7 Å². The summed E-state index contributed by atoms with van der Waals surface area (Å²) in [6.45, 7) is 4.57. The van der Waals surface area contributed by atoms with Crippen LogP contribution >= 0.6 is 11.3 Å². The number of anilines is 1. The fourth-order valence-electron chi connectivity index (χ4n) is 2.26. The molecule has 0 saturated heterocycles. The van der Waals surface area contributed by atoms with Gasteiger partial charge in [0.25, 0.3) is 0 Å². The van der Waals surface area contributed by atoms with Crippen LogP contribution in [-0.4, -0.2) is 27.8 Å². The summed E-state index contributed by atoms with van der Waals surface area (Å²) in [7, 11) is 0. The molecular weight excluding hydrogens is 322 g/mol. The van der Waals surface area contributed by atoms with Gasteiger partial charge in [-0.3, -0.25) is 5.10 Å². The molecule has 124 valence electrons. The van der Waals surface area contributed by atoms with Crippen molar-refractivity contribution in [3.8, 4) is 11.3 Å². The molecule has 1 atom stereocenters. The van der Waals surface area contributed by atoms with E-state index in [1.807, 2.05) is 42.6 Å². The zero-order chi connectivity index (χ0) is 16.9. The standard InChI is InChI=1S/C17H19N5OS/c1-11(16-20-12(2)10-24-16)9-18-17(23)21-14-5-3-13(4-6-14)15-7-8-19-22-15/h3-8,10-11H,9H2,1-2H3,(H,19,22)(H2,18,21,23)/t11-/m0/s1. The second-order valence-corrected chi connectivity index (χ2v) is 6.50. The molecule has 0 spiro atoms. The van der Waals surface area contributed by atoms with E-state index in [-0.39, 0.29) is 11.9 Å². The lowest BCUT2D eigenvalue weighted by molar-refractivity contribution is 0.251. The Hall–Kier alpha value is -2.67. The highest BCUT2D eigenvalue weighted by atomic mass is 32.1. The molecule has 0 fully saturated rings. The van der Waals surface area contributed by atoms with Crippen molar-refractivity contribution in [1.82, 2.24) is 20.5 Å². The predicted molar refractivity (Wildman–Crippen MR) is 96.3 cm³/mol. The average Bonchev–Trinajstić information content (AvgIpc) is 3.25. The van der Waals surface area contributed by atoms with E-state index in [1.165, 1.54) is 0 Å². The van der Waals surface area contributed by atoms with E-state index < -0.39 is 0 Å². The third-order valence-electron chi connectivity index (χ3n) is 3.58. The van der Waals surface area contributed by atoms with Crippen LogP contribution in [0.2, 0.25) is 0 Å². The lowest BCUT2D eigenvalue weighted by atomic mass is 10.1. The molecule has 1 aromatic carbocycles. The maximum Gasteiger partial charge on any atom is 0.319 e. The smallest absolute Gasteiger partial charge is 0.319 e. The number of nitrogens with zero attached hydrogens (tertiary/aromatic N) is 2. The van der Waals surface area contributed by atoms with Gasteiger partial charge in [0.2, 0.25) is 0 Å². The van der Waals surface area contributed by atoms with E-state index in [4.69, 9.17) is 0 Å². The van der Waals surface area contributed by atoms with E-state index >= 15 is 0 Å². The summed E-state index contributed by atoms with van der Waals surface area (Å²) in [6, 6.07) is 9.28. The molecule has 0 aliphatic rings. The highest BCUT2D eigenvalue weighted by Crippen LogP contribution is 2.20. The van der Waals surface area contributed by atoms with Gasteiger partial charge in [0.05, 0.1) is 10.7 Å². The summed E-state index contributed by atoms with van der Waals surface area (Å²) >= 11 is 1.62. The zero-order valence-electron chi connectivity index (χ0n) is 13.5. The largest absolute Gasteiger partial charge is 0.337 e. The van der Waals surface area contributed by atoms with Crippen molar-refractivity contribution in [1.29, 1.82) is 0 Å². The number of nitrogens with one attached hydrogen (secondary N) is 3. The molecule has 2 amide bonds. The maximum absolute atomic E-state index is 12.0. The molecule has 2 heterocycles. The third-order valence-corrected chi connectivity index (χ3v) is 4.78. The second kappa shape index (κ2) is 7.27. The number of aromatic nitrogens is 3. The Kier molecular flexibility index (Phi) is 4.90. The van der Waals surface area contributed by atoms with Crippen molar-refractivity contribution in [3.63, 3.8) is 0 Å². The first kappa shape index (κ1) is 16.2. The lowest BCUT2D eigenvalue weighted by Gasteiger charge is -2.11. The van der Waals surface area contributed by atoms with Gasteiger partial charge in [-0.1, -0.05) is 19.1 Å². The van der Waals surface area contributed by atoms with E-state index in [1.54, 1.807) is 17.5 Å². The van der Waals surface area contributed by atoms with Gasteiger partial charge in [-0.05, 0) is 30.7 Å². The number of aromatic amines is 1. The molecule has 3 rings (SSSR count). The average molecular weight is 341 g/mol. The van der Waals surface area contributed by atoms with Gasteiger partial charge >= 0.3 is 6.03 Å². The quantitative estimate of drug-likeness (QED) is 0.660. The summed E-state index contributed by atoms with van der Waals surface area (Å²) in [5.41, 5.74) is 3.72. The van der Waals surface area contributed by atoms with Crippen molar-refractivity contribution in [3.05, 3.63) is 52.6 Å². The highest BCUT2D eigenvalue weighted by molar-refractivity contribution is 7.09. The molecule has 0 bridgehead atoms. The van der Waals surface area contributed by atoms with Crippen LogP contribution in [0.15, 0.2) is 41.9 Å². The number of hydrogen-bond acceptors (Lipinski definition) is 4. The van der Waals surface area contributed by atoms with Crippen LogP contribution in [-0.2, 0) is 0 Å². The Morgan fingerprint density at radius 2 is 2.08 bits per heavy atom. The first-order valence-corrected chi connectivity index (χ1v) is 8.56. The zero-order valence-corrected chi connectivity index (χ0v) is 14.4. The Morgan fingerprint density at radius 3 is 2.71 bits per heavy atom. The summed E-state index contributed by atoms with van der Waals surface area (Å²) in [5.74, 6) is 0.192. The number of carbonyl (C=O) groups is 1. The van der Waals surface area contributed by atoms with Crippen LogP contribution in [0.1, 0.15) is 23.5 Å². The number of thiazole rings is 1. The van der Waals surface area contributed by atoms with Crippen molar-refractivity contribution >= 4 is 23.1 Å². The predicted octanol–water partition coefficient (Wildman–Crippen LogP) is 3.77. The SMILES string of the molecule is Cc1csc([C@@H](C)CNC(=O)Nc2ccc(-c3ccn[nH]3)cc2)n1. The van der Waals surface area contributed by atoms with Crippen molar-refractivity contribution in [2.45, 2.75) is 19.8 Å². The van der Waals surface area contributed by atoms with Gasteiger partial charge in [0.15, 0.2) is 0 Å². The molecule has 6 nitrogen and oxygen atoms in total. The van der Waals surface area contributed by atoms with Crippen LogP contribution in [0.25, 0.3) is 11.3 Å². The highest BCUT2D eigenvalue weighted by Gasteiger charge is 2.11. The number of amides is 2. The molecule has 0 aliphatic carbocycles. The molecule has 3 N–H and O–H groups in total. The van der Waals surface area contributed by atoms with Crippen LogP contribution in [0.5, 0.6) is 0 Å². The number of carbonyl (C=O) groups excluding carboxylic acids is 1. The summed E-state index contributed by atoms with van der Waals surface area (Å²) in [5, 5.41) is 15.6. The molecule has 0 unspecified atom stereocenters. The Labute approximate surface area is 144 Å². The molecule has 24 heavy (non-hydrogen) atoms. The monoisotopic (exact) mass is 341 g/mol. The van der Waals surface area contributed by atoms with E-state index in [0.717, 1.165) is 27.6 Å². The van der Waals surface area contributed by atoms with Gasteiger partial charge in [-0.15, -0.1) is 11.3 Å². The number of aryl methyl sites for hydroxylation is 1. The van der Waals surface area contributed by atoms with Crippen LogP contribution in [0.3, 0.4) is 0 Å². The topological polar surface area (TPSA) is 82.7 Å². The fraction of sp³-hybridized carbons (Fsp3) is 0.235. The third kappa shape index (κ3) is 3.99. The Morgan fingerprint density at radius 1 is 1.29 bits per heavy atom. The van der Waals surface area contributed by atoms with Crippen LogP contribution in [0, 0.1) is 6.92 Å². The fourth-order valence-corrected chi connectivity index (χ4v) is 3.11. The Balaban J connectivity index is 1.51. The van der Waals surface area contributed by atoms with E-state index in [9.17, 15) is 4.79 Å². The maximum atomic E-state index is 12.0. The number of hydrogen-bond donors (Lipinski definition) is 3. The van der Waals surface area contributed by atoms with Crippen molar-refractivity contribution in [2.75, 3.05) is 11.9 Å². The molecule has 0 aliphatic heterocycles. The lowest BCUT2D eigenvalue weighted by Crippen LogP contribution is -2.31. The number of rotatable bonds is 5. The van der Waals surface area contributed by atoms with Crippen molar-refractivity contribution in [2.24, 2.45) is 0 Å². The summed E-state index contributed by atoms with van der Waals surface area (Å²) in [6.07, 6.45) is 1.71.